The van der Waals surface area contributed by atoms with Gasteiger partial charge in [-0.05, 0) is 25.2 Å². The number of nitrogens with zero attached hydrogens (tertiary/aromatic N) is 4. The van der Waals surface area contributed by atoms with E-state index in [0.29, 0.717) is 13.1 Å². The molecule has 0 aromatic carbocycles. The Labute approximate surface area is 129 Å². The second kappa shape index (κ2) is 6.13. The summed E-state index contributed by atoms with van der Waals surface area (Å²) >= 11 is 0. The highest BCUT2D eigenvalue weighted by Crippen LogP contribution is 2.22. The highest BCUT2D eigenvalue weighted by molar-refractivity contribution is 7.88. The fourth-order valence-corrected chi connectivity index (χ4v) is 3.77. The molecule has 1 N–H and O–H groups in total. The molecule has 0 unspecified atom stereocenters. The van der Waals surface area contributed by atoms with E-state index in [4.69, 9.17) is 0 Å². The Balaban J connectivity index is 1.72. The monoisotopic (exact) mass is 321 g/mol. The second-order valence-corrected chi connectivity index (χ2v) is 7.70. The van der Waals surface area contributed by atoms with E-state index in [9.17, 15) is 8.42 Å². The van der Waals surface area contributed by atoms with Crippen LogP contribution in [0.15, 0.2) is 24.8 Å². The van der Waals surface area contributed by atoms with Gasteiger partial charge in [-0.15, -0.1) is 0 Å². The van der Waals surface area contributed by atoms with Crippen molar-refractivity contribution in [3.63, 3.8) is 0 Å². The maximum atomic E-state index is 11.7. The smallest absolute Gasteiger partial charge is 0.211 e. The molecule has 0 spiro atoms. The SMILES string of the molecule is CS(=O)(=O)N1CCC[C@@H](Cc2cncc(-c3cn[nH]c3)n2)C1. The number of sulfonamides is 1. The van der Waals surface area contributed by atoms with Gasteiger partial charge in [0.05, 0.1) is 30.0 Å². The zero-order valence-electron chi connectivity index (χ0n) is 12.4. The van der Waals surface area contributed by atoms with E-state index in [0.717, 1.165) is 36.2 Å². The Hall–Kier alpha value is -1.80. The first kappa shape index (κ1) is 15.1. The molecule has 7 nitrogen and oxygen atoms in total. The molecule has 0 bridgehead atoms. The van der Waals surface area contributed by atoms with E-state index < -0.39 is 10.0 Å². The third-order valence-electron chi connectivity index (χ3n) is 3.93. The van der Waals surface area contributed by atoms with Gasteiger partial charge in [-0.1, -0.05) is 0 Å². The average Bonchev–Trinajstić information content (AvgIpc) is 3.01. The van der Waals surface area contributed by atoms with Crippen molar-refractivity contribution in [3.8, 4) is 11.3 Å². The van der Waals surface area contributed by atoms with Crippen LogP contribution in [0.25, 0.3) is 11.3 Å². The Morgan fingerprint density at radius 2 is 2.23 bits per heavy atom. The van der Waals surface area contributed by atoms with Crippen molar-refractivity contribution in [1.82, 2.24) is 24.5 Å². The van der Waals surface area contributed by atoms with Gasteiger partial charge in [0.25, 0.3) is 0 Å². The van der Waals surface area contributed by atoms with Crippen LogP contribution in [0.2, 0.25) is 0 Å². The van der Waals surface area contributed by atoms with Gasteiger partial charge in [0.2, 0.25) is 10.0 Å². The standard InChI is InChI=1S/C14H19N5O2S/c1-22(20,21)19-4-2-3-11(10-19)5-13-8-15-9-14(18-13)12-6-16-17-7-12/h6-9,11H,2-5,10H2,1H3,(H,16,17)/t11-/m0/s1. The van der Waals surface area contributed by atoms with Crippen LogP contribution >= 0.6 is 0 Å². The summed E-state index contributed by atoms with van der Waals surface area (Å²) in [6.45, 7) is 1.19. The van der Waals surface area contributed by atoms with E-state index in [2.05, 4.69) is 20.2 Å². The summed E-state index contributed by atoms with van der Waals surface area (Å²) in [6.07, 6.45) is 10.9. The van der Waals surface area contributed by atoms with E-state index in [-0.39, 0.29) is 5.92 Å². The first-order valence-electron chi connectivity index (χ1n) is 7.27. The number of hydrogen-bond donors (Lipinski definition) is 1. The summed E-state index contributed by atoms with van der Waals surface area (Å²) in [5.74, 6) is 0.289. The Morgan fingerprint density at radius 3 is 2.95 bits per heavy atom. The van der Waals surface area contributed by atoms with Gasteiger partial charge >= 0.3 is 0 Å². The maximum absolute atomic E-state index is 11.7. The third-order valence-corrected chi connectivity index (χ3v) is 5.20. The van der Waals surface area contributed by atoms with Crippen molar-refractivity contribution in [2.24, 2.45) is 5.92 Å². The molecule has 3 heterocycles. The van der Waals surface area contributed by atoms with Crippen LogP contribution in [0.3, 0.4) is 0 Å². The number of rotatable bonds is 4. The minimum atomic E-state index is -3.11. The fraction of sp³-hybridized carbons (Fsp3) is 0.500. The molecule has 0 aliphatic carbocycles. The molecule has 3 rings (SSSR count). The molecule has 1 atom stereocenters. The number of aromatic nitrogens is 4. The molecule has 2 aromatic rings. The van der Waals surface area contributed by atoms with Crippen LogP contribution in [0.1, 0.15) is 18.5 Å². The molecule has 118 valence electrons. The van der Waals surface area contributed by atoms with Crippen LogP contribution in [0.5, 0.6) is 0 Å². The van der Waals surface area contributed by atoms with Crippen LogP contribution in [-0.2, 0) is 16.4 Å². The lowest BCUT2D eigenvalue weighted by molar-refractivity contribution is 0.265. The van der Waals surface area contributed by atoms with Gasteiger partial charge in [-0.2, -0.15) is 5.10 Å². The predicted molar refractivity (Wildman–Crippen MR) is 82.5 cm³/mol. The van der Waals surface area contributed by atoms with Gasteiger partial charge < -0.3 is 0 Å². The van der Waals surface area contributed by atoms with E-state index >= 15 is 0 Å². The maximum Gasteiger partial charge on any atom is 0.211 e. The van der Waals surface area contributed by atoms with Gasteiger partial charge in [0.15, 0.2) is 0 Å². The molecule has 22 heavy (non-hydrogen) atoms. The summed E-state index contributed by atoms with van der Waals surface area (Å²) in [5.41, 5.74) is 2.57. The molecule has 0 saturated carbocycles. The Bertz CT molecular complexity index is 729. The van der Waals surface area contributed by atoms with Gasteiger partial charge in [-0.3, -0.25) is 10.1 Å². The second-order valence-electron chi connectivity index (χ2n) is 5.72. The number of piperidine rings is 1. The lowest BCUT2D eigenvalue weighted by Gasteiger charge is -2.30. The lowest BCUT2D eigenvalue weighted by Crippen LogP contribution is -2.39. The topological polar surface area (TPSA) is 91.8 Å². The lowest BCUT2D eigenvalue weighted by atomic mass is 9.95. The van der Waals surface area contributed by atoms with E-state index in [1.807, 2.05) is 0 Å². The molecule has 8 heteroatoms. The zero-order valence-corrected chi connectivity index (χ0v) is 13.3. The quantitative estimate of drug-likeness (QED) is 0.910. The van der Waals surface area contributed by atoms with Crippen LogP contribution in [0, 0.1) is 5.92 Å². The van der Waals surface area contributed by atoms with Crippen molar-refractivity contribution in [3.05, 3.63) is 30.5 Å². The molecule has 1 aliphatic heterocycles. The van der Waals surface area contributed by atoms with Crippen molar-refractivity contribution in [2.45, 2.75) is 19.3 Å². The normalized spacial score (nSPS) is 20.1. The van der Waals surface area contributed by atoms with Crippen molar-refractivity contribution >= 4 is 10.0 Å². The number of nitrogens with one attached hydrogen (secondary N) is 1. The number of hydrogen-bond acceptors (Lipinski definition) is 5. The fourth-order valence-electron chi connectivity index (χ4n) is 2.83. The summed E-state index contributed by atoms with van der Waals surface area (Å²) in [4.78, 5) is 8.84. The van der Waals surface area contributed by atoms with Crippen LogP contribution in [0.4, 0.5) is 0 Å². The Morgan fingerprint density at radius 1 is 1.36 bits per heavy atom. The average molecular weight is 321 g/mol. The van der Waals surface area contributed by atoms with Crippen LogP contribution < -0.4 is 0 Å². The molecule has 2 aromatic heterocycles. The molecule has 0 amide bonds. The minimum Gasteiger partial charge on any atom is -0.285 e. The van der Waals surface area contributed by atoms with E-state index in [1.165, 1.54) is 6.26 Å². The number of aromatic amines is 1. The summed E-state index contributed by atoms with van der Waals surface area (Å²) in [6, 6.07) is 0. The molecule has 0 radical (unpaired) electrons. The van der Waals surface area contributed by atoms with Crippen LogP contribution in [-0.4, -0.2) is 52.2 Å². The first-order chi connectivity index (χ1) is 10.5. The molecule has 1 aliphatic rings. The minimum absolute atomic E-state index is 0.289. The molecular weight excluding hydrogens is 302 g/mol. The molecule has 1 fully saturated rings. The molecular formula is C14H19N5O2S. The van der Waals surface area contributed by atoms with Crippen molar-refractivity contribution in [1.29, 1.82) is 0 Å². The summed E-state index contributed by atoms with van der Waals surface area (Å²) in [7, 11) is -3.11. The Kier molecular flexibility index (Phi) is 4.21. The van der Waals surface area contributed by atoms with Crippen molar-refractivity contribution in [2.75, 3.05) is 19.3 Å². The number of H-pyrrole nitrogens is 1. The van der Waals surface area contributed by atoms with E-state index in [1.54, 1.807) is 29.1 Å². The van der Waals surface area contributed by atoms with Gasteiger partial charge in [0, 0.05) is 31.0 Å². The first-order valence-corrected chi connectivity index (χ1v) is 9.12. The summed E-state index contributed by atoms with van der Waals surface area (Å²) < 4.78 is 24.9. The van der Waals surface area contributed by atoms with Gasteiger partial charge in [-0.25, -0.2) is 17.7 Å². The van der Waals surface area contributed by atoms with Gasteiger partial charge in [0.1, 0.15) is 0 Å². The largest absolute Gasteiger partial charge is 0.285 e. The highest BCUT2D eigenvalue weighted by Gasteiger charge is 2.26. The predicted octanol–water partition coefficient (Wildman–Crippen LogP) is 1.08. The highest BCUT2D eigenvalue weighted by atomic mass is 32.2. The summed E-state index contributed by atoms with van der Waals surface area (Å²) in [5, 5.41) is 6.68. The van der Waals surface area contributed by atoms with Crippen molar-refractivity contribution < 1.29 is 8.42 Å². The zero-order chi connectivity index (χ0) is 15.6. The third kappa shape index (κ3) is 3.50. The molecule has 1 saturated heterocycles.